The standard InChI is InChI=1S/C14H22N2O4S/c1-20-13-7-6-11(15)9-14(13)21(18,19)16-8-4-2-3-5-12(16)10-17/h6-7,9,12,17H,2-5,8,10,15H2,1H3. The van der Waals surface area contributed by atoms with Crippen LogP contribution in [0.4, 0.5) is 5.69 Å². The number of hydrogen-bond donors (Lipinski definition) is 2. The molecule has 2 rings (SSSR count). The molecule has 1 fully saturated rings. The zero-order valence-corrected chi connectivity index (χ0v) is 13.0. The predicted octanol–water partition coefficient (Wildman–Crippen LogP) is 1.20. The minimum Gasteiger partial charge on any atom is -0.495 e. The van der Waals surface area contributed by atoms with Crippen molar-refractivity contribution < 1.29 is 18.3 Å². The molecular formula is C14H22N2O4S. The molecule has 0 amide bonds. The van der Waals surface area contributed by atoms with E-state index >= 15 is 0 Å². The van der Waals surface area contributed by atoms with E-state index in [2.05, 4.69) is 0 Å². The number of sulfonamides is 1. The lowest BCUT2D eigenvalue weighted by Crippen LogP contribution is -2.42. The van der Waals surface area contributed by atoms with Gasteiger partial charge >= 0.3 is 0 Å². The van der Waals surface area contributed by atoms with Crippen molar-refractivity contribution in [1.29, 1.82) is 0 Å². The fourth-order valence-electron chi connectivity index (χ4n) is 2.67. The average molecular weight is 314 g/mol. The van der Waals surface area contributed by atoms with Gasteiger partial charge < -0.3 is 15.6 Å². The molecule has 0 radical (unpaired) electrons. The van der Waals surface area contributed by atoms with E-state index in [1.165, 1.54) is 17.5 Å². The lowest BCUT2D eigenvalue weighted by Gasteiger charge is -2.28. The van der Waals surface area contributed by atoms with E-state index in [1.54, 1.807) is 12.1 Å². The molecule has 0 saturated carbocycles. The number of benzene rings is 1. The number of aliphatic hydroxyl groups is 1. The Kier molecular flexibility index (Phi) is 5.08. The quantitative estimate of drug-likeness (QED) is 0.815. The van der Waals surface area contributed by atoms with Gasteiger partial charge in [0.25, 0.3) is 0 Å². The highest BCUT2D eigenvalue weighted by Crippen LogP contribution is 2.31. The van der Waals surface area contributed by atoms with E-state index in [-0.39, 0.29) is 23.3 Å². The molecule has 21 heavy (non-hydrogen) atoms. The molecule has 1 aliphatic rings. The van der Waals surface area contributed by atoms with E-state index < -0.39 is 10.0 Å². The van der Waals surface area contributed by atoms with Crippen LogP contribution >= 0.6 is 0 Å². The number of nitrogens with two attached hydrogens (primary N) is 1. The first kappa shape index (κ1) is 16.1. The van der Waals surface area contributed by atoms with Gasteiger partial charge in [0, 0.05) is 18.3 Å². The Balaban J connectivity index is 2.46. The molecule has 1 aromatic rings. The molecule has 3 N–H and O–H groups in total. The highest BCUT2D eigenvalue weighted by Gasteiger charge is 2.34. The summed E-state index contributed by atoms with van der Waals surface area (Å²) in [6, 6.07) is 4.18. The second-order valence-corrected chi connectivity index (χ2v) is 7.07. The maximum Gasteiger partial charge on any atom is 0.247 e. The van der Waals surface area contributed by atoms with Crippen molar-refractivity contribution in [2.24, 2.45) is 0 Å². The molecule has 1 aliphatic heterocycles. The Bertz CT molecular complexity index is 589. The summed E-state index contributed by atoms with van der Waals surface area (Å²) >= 11 is 0. The van der Waals surface area contributed by atoms with Crippen molar-refractivity contribution in [3.63, 3.8) is 0 Å². The first-order valence-corrected chi connectivity index (χ1v) is 8.51. The summed E-state index contributed by atoms with van der Waals surface area (Å²) in [6.45, 7) is 0.232. The summed E-state index contributed by atoms with van der Waals surface area (Å²) < 4.78 is 32.4. The summed E-state index contributed by atoms with van der Waals surface area (Å²) in [6.07, 6.45) is 3.35. The maximum atomic E-state index is 12.9. The third-order valence-electron chi connectivity index (χ3n) is 3.81. The predicted molar refractivity (Wildman–Crippen MR) is 80.6 cm³/mol. The van der Waals surface area contributed by atoms with Crippen LogP contribution in [0.2, 0.25) is 0 Å². The van der Waals surface area contributed by atoms with E-state index in [0.29, 0.717) is 18.7 Å². The Hall–Kier alpha value is -1.31. The van der Waals surface area contributed by atoms with Crippen molar-refractivity contribution in [2.75, 3.05) is 26.0 Å². The first-order chi connectivity index (χ1) is 10.0. The van der Waals surface area contributed by atoms with Crippen LogP contribution < -0.4 is 10.5 Å². The van der Waals surface area contributed by atoms with Gasteiger partial charge in [0.15, 0.2) is 0 Å². The lowest BCUT2D eigenvalue weighted by molar-refractivity contribution is 0.186. The molecule has 0 aromatic heterocycles. The van der Waals surface area contributed by atoms with Crippen molar-refractivity contribution in [2.45, 2.75) is 36.6 Å². The molecule has 6 nitrogen and oxygen atoms in total. The first-order valence-electron chi connectivity index (χ1n) is 7.07. The summed E-state index contributed by atoms with van der Waals surface area (Å²) in [7, 11) is -2.32. The highest BCUT2D eigenvalue weighted by atomic mass is 32.2. The third-order valence-corrected chi connectivity index (χ3v) is 5.78. The van der Waals surface area contributed by atoms with Gasteiger partial charge in [-0.05, 0) is 31.0 Å². The second kappa shape index (κ2) is 6.64. The zero-order chi connectivity index (χ0) is 15.5. The maximum absolute atomic E-state index is 12.9. The molecule has 1 saturated heterocycles. The Morgan fingerprint density at radius 1 is 1.38 bits per heavy atom. The van der Waals surface area contributed by atoms with Crippen LogP contribution in [0.1, 0.15) is 25.7 Å². The average Bonchev–Trinajstić information content (AvgIpc) is 2.72. The largest absolute Gasteiger partial charge is 0.495 e. The number of nitrogen functional groups attached to an aromatic ring is 1. The van der Waals surface area contributed by atoms with Gasteiger partial charge in [-0.15, -0.1) is 0 Å². The number of rotatable bonds is 4. The molecule has 1 atom stereocenters. The van der Waals surface area contributed by atoms with Crippen LogP contribution in [0.3, 0.4) is 0 Å². The molecule has 0 bridgehead atoms. The molecule has 0 spiro atoms. The second-order valence-electron chi connectivity index (χ2n) is 5.21. The van der Waals surface area contributed by atoms with Gasteiger partial charge in [-0.1, -0.05) is 12.8 Å². The number of methoxy groups -OCH3 is 1. The minimum absolute atomic E-state index is 0.0605. The molecule has 1 aromatic carbocycles. The molecule has 118 valence electrons. The van der Waals surface area contributed by atoms with E-state index in [0.717, 1.165) is 19.3 Å². The number of anilines is 1. The van der Waals surface area contributed by atoms with Crippen LogP contribution in [-0.2, 0) is 10.0 Å². The van der Waals surface area contributed by atoms with Crippen molar-refractivity contribution >= 4 is 15.7 Å². The van der Waals surface area contributed by atoms with Gasteiger partial charge in [0.1, 0.15) is 10.6 Å². The number of nitrogens with zero attached hydrogens (tertiary/aromatic N) is 1. The topological polar surface area (TPSA) is 92.9 Å². The molecule has 0 aliphatic carbocycles. The summed E-state index contributed by atoms with van der Waals surface area (Å²) in [5, 5.41) is 9.52. The van der Waals surface area contributed by atoms with Gasteiger partial charge in [-0.25, -0.2) is 8.42 Å². The molecule has 7 heteroatoms. The monoisotopic (exact) mass is 314 g/mol. The normalized spacial score (nSPS) is 21.0. The van der Waals surface area contributed by atoms with Gasteiger partial charge in [0.2, 0.25) is 10.0 Å². The number of hydrogen-bond acceptors (Lipinski definition) is 5. The summed E-state index contributed by atoms with van der Waals surface area (Å²) in [5.74, 6) is 0.269. The van der Waals surface area contributed by atoms with Crippen molar-refractivity contribution in [1.82, 2.24) is 4.31 Å². The van der Waals surface area contributed by atoms with Crippen molar-refractivity contribution in [3.05, 3.63) is 18.2 Å². The van der Waals surface area contributed by atoms with Gasteiger partial charge in [-0.2, -0.15) is 4.31 Å². The Morgan fingerprint density at radius 2 is 2.14 bits per heavy atom. The van der Waals surface area contributed by atoms with Crippen LogP contribution in [-0.4, -0.2) is 44.1 Å². The van der Waals surface area contributed by atoms with Crippen LogP contribution in [0, 0.1) is 0 Å². The fourth-order valence-corrected chi connectivity index (χ4v) is 4.55. The fraction of sp³-hybridized carbons (Fsp3) is 0.571. The Morgan fingerprint density at radius 3 is 2.81 bits per heavy atom. The molecule has 1 heterocycles. The Labute approximate surface area is 125 Å². The smallest absolute Gasteiger partial charge is 0.247 e. The van der Waals surface area contributed by atoms with Gasteiger partial charge in [0.05, 0.1) is 13.7 Å². The van der Waals surface area contributed by atoms with Gasteiger partial charge in [-0.3, -0.25) is 0 Å². The molecule has 1 unspecified atom stereocenters. The zero-order valence-electron chi connectivity index (χ0n) is 12.2. The van der Waals surface area contributed by atoms with Crippen LogP contribution in [0.15, 0.2) is 23.1 Å². The third kappa shape index (κ3) is 3.30. The highest BCUT2D eigenvalue weighted by molar-refractivity contribution is 7.89. The minimum atomic E-state index is -3.74. The summed E-state index contributed by atoms with van der Waals surface area (Å²) in [4.78, 5) is 0.0605. The number of aliphatic hydroxyl groups excluding tert-OH is 1. The van der Waals surface area contributed by atoms with E-state index in [9.17, 15) is 13.5 Å². The van der Waals surface area contributed by atoms with Crippen molar-refractivity contribution in [3.8, 4) is 5.75 Å². The van der Waals surface area contributed by atoms with Crippen LogP contribution in [0.5, 0.6) is 5.75 Å². The molecular weight excluding hydrogens is 292 g/mol. The lowest BCUT2D eigenvalue weighted by atomic mass is 10.1. The number of ether oxygens (including phenoxy) is 1. The SMILES string of the molecule is COc1ccc(N)cc1S(=O)(=O)N1CCCCCC1CO. The van der Waals surface area contributed by atoms with Crippen LogP contribution in [0.25, 0.3) is 0 Å². The van der Waals surface area contributed by atoms with E-state index in [4.69, 9.17) is 10.5 Å². The van der Waals surface area contributed by atoms with E-state index in [1.807, 2.05) is 0 Å². The summed E-state index contributed by atoms with van der Waals surface area (Å²) in [5.41, 5.74) is 6.08.